The summed E-state index contributed by atoms with van der Waals surface area (Å²) in [5.74, 6) is -0.130. The van der Waals surface area contributed by atoms with Crippen LogP contribution >= 0.6 is 0 Å². The molecule has 0 radical (unpaired) electrons. The molecule has 192 valence electrons. The number of halogens is 3. The summed E-state index contributed by atoms with van der Waals surface area (Å²) in [5.41, 5.74) is -0.395. The Morgan fingerprint density at radius 1 is 0.946 bits per heavy atom. The van der Waals surface area contributed by atoms with E-state index in [4.69, 9.17) is 10.00 Å². The van der Waals surface area contributed by atoms with Crippen LogP contribution in [0.2, 0.25) is 0 Å². The number of piperidine rings is 1. The number of hydrogen-bond donors (Lipinski definition) is 1. The summed E-state index contributed by atoms with van der Waals surface area (Å²) in [6.45, 7) is 0.929. The molecular formula is C26H22F3N3O4S. The lowest BCUT2D eigenvalue weighted by atomic mass is 9.98. The Labute approximate surface area is 212 Å². The van der Waals surface area contributed by atoms with Crippen molar-refractivity contribution in [1.29, 1.82) is 5.26 Å². The number of hydrogen-bond acceptors (Lipinski definition) is 5. The summed E-state index contributed by atoms with van der Waals surface area (Å²) in [6, 6.07) is 16.0. The van der Waals surface area contributed by atoms with Gasteiger partial charge in [0.25, 0.3) is 0 Å². The molecule has 1 amide bonds. The first-order valence-electron chi connectivity index (χ1n) is 11.4. The lowest BCUT2D eigenvalue weighted by molar-refractivity contribution is -0.137. The van der Waals surface area contributed by atoms with E-state index in [1.807, 2.05) is 6.07 Å². The summed E-state index contributed by atoms with van der Waals surface area (Å²) in [5, 5.41) is 11.4. The molecule has 0 bridgehead atoms. The van der Waals surface area contributed by atoms with Crippen molar-refractivity contribution in [1.82, 2.24) is 4.31 Å². The number of nitriles is 1. The number of carbonyl (C=O) groups excluding carboxylic acids is 1. The maximum absolute atomic E-state index is 13.6. The maximum Gasteiger partial charge on any atom is 0.417 e. The van der Waals surface area contributed by atoms with E-state index in [9.17, 15) is 26.4 Å². The average Bonchev–Trinajstić information content (AvgIpc) is 2.89. The zero-order chi connectivity index (χ0) is 26.6. The number of alkyl halides is 3. The summed E-state index contributed by atoms with van der Waals surface area (Å²) >= 11 is 0. The van der Waals surface area contributed by atoms with E-state index >= 15 is 0 Å². The van der Waals surface area contributed by atoms with Gasteiger partial charge >= 0.3 is 12.3 Å². The van der Waals surface area contributed by atoms with Crippen LogP contribution in [0.5, 0.6) is 5.75 Å². The van der Waals surface area contributed by atoms with Crippen molar-refractivity contribution in [3.63, 3.8) is 0 Å². The van der Waals surface area contributed by atoms with Crippen molar-refractivity contribution in [2.75, 3.05) is 18.4 Å². The van der Waals surface area contributed by atoms with Gasteiger partial charge in [-0.05, 0) is 78.6 Å². The number of amides is 1. The summed E-state index contributed by atoms with van der Waals surface area (Å²) in [6.07, 6.45) is -3.01. The van der Waals surface area contributed by atoms with Gasteiger partial charge in [0, 0.05) is 18.8 Å². The van der Waals surface area contributed by atoms with Crippen molar-refractivity contribution in [3.8, 4) is 22.9 Å². The quantitative estimate of drug-likeness (QED) is 0.435. The van der Waals surface area contributed by atoms with Crippen LogP contribution in [0.3, 0.4) is 0 Å². The van der Waals surface area contributed by atoms with Crippen LogP contribution in [0.15, 0.2) is 71.6 Å². The molecule has 1 N–H and O–H groups in total. The smallest absolute Gasteiger partial charge is 0.410 e. The van der Waals surface area contributed by atoms with Gasteiger partial charge in [0.05, 0.1) is 22.1 Å². The first kappa shape index (κ1) is 26.2. The monoisotopic (exact) mass is 529 g/mol. The van der Waals surface area contributed by atoms with Gasteiger partial charge in [-0.2, -0.15) is 22.7 Å². The lowest BCUT2D eigenvalue weighted by Gasteiger charge is -2.25. The molecule has 0 aliphatic carbocycles. The van der Waals surface area contributed by atoms with Crippen LogP contribution in [-0.2, 0) is 16.2 Å². The summed E-state index contributed by atoms with van der Waals surface area (Å²) in [4.78, 5) is 12.5. The number of benzene rings is 3. The van der Waals surface area contributed by atoms with Gasteiger partial charge in [0.1, 0.15) is 5.75 Å². The number of rotatable bonds is 5. The topological polar surface area (TPSA) is 99.5 Å². The number of carbonyl (C=O) groups is 1. The summed E-state index contributed by atoms with van der Waals surface area (Å²) < 4.78 is 72.9. The third-order valence-corrected chi connectivity index (χ3v) is 7.80. The molecule has 0 aromatic heterocycles. The molecule has 0 atom stereocenters. The number of ether oxygens (including phenoxy) is 1. The molecule has 1 aliphatic rings. The normalized spacial score (nSPS) is 14.5. The molecule has 1 fully saturated rings. The van der Waals surface area contributed by atoms with Crippen LogP contribution in [-0.4, -0.2) is 31.9 Å². The Morgan fingerprint density at radius 2 is 1.59 bits per heavy atom. The number of nitrogens with zero attached hydrogens (tertiary/aromatic N) is 2. The first-order chi connectivity index (χ1) is 17.6. The molecule has 4 rings (SSSR count). The van der Waals surface area contributed by atoms with Crippen LogP contribution in [0.1, 0.15) is 30.4 Å². The second-order valence-corrected chi connectivity index (χ2v) is 10.3. The van der Waals surface area contributed by atoms with E-state index in [0.717, 1.165) is 37.5 Å². The van der Waals surface area contributed by atoms with Gasteiger partial charge in [0.15, 0.2) is 0 Å². The van der Waals surface area contributed by atoms with E-state index in [0.29, 0.717) is 18.7 Å². The molecule has 37 heavy (non-hydrogen) atoms. The molecule has 3 aromatic carbocycles. The van der Waals surface area contributed by atoms with Crippen LogP contribution in [0.25, 0.3) is 11.1 Å². The van der Waals surface area contributed by atoms with Crippen molar-refractivity contribution < 1.29 is 31.1 Å². The highest BCUT2D eigenvalue weighted by Gasteiger charge is 2.34. The highest BCUT2D eigenvalue weighted by Crippen LogP contribution is 2.39. The maximum atomic E-state index is 13.6. The molecule has 1 heterocycles. The van der Waals surface area contributed by atoms with E-state index in [-0.39, 0.29) is 27.5 Å². The van der Waals surface area contributed by atoms with Crippen LogP contribution < -0.4 is 10.1 Å². The molecular weight excluding hydrogens is 507 g/mol. The second kappa shape index (κ2) is 10.6. The molecule has 1 aliphatic heterocycles. The molecule has 7 nitrogen and oxygen atoms in total. The van der Waals surface area contributed by atoms with E-state index in [1.165, 1.54) is 52.8 Å². The van der Waals surface area contributed by atoms with Crippen LogP contribution in [0, 0.1) is 11.3 Å². The number of nitrogens with one attached hydrogen (secondary N) is 1. The van der Waals surface area contributed by atoms with Crippen molar-refractivity contribution >= 4 is 21.8 Å². The summed E-state index contributed by atoms with van der Waals surface area (Å²) in [7, 11) is -3.63. The van der Waals surface area contributed by atoms with Gasteiger partial charge in [0.2, 0.25) is 10.0 Å². The minimum absolute atomic E-state index is 0.100. The fraction of sp³-hybridized carbons (Fsp3) is 0.231. The van der Waals surface area contributed by atoms with Crippen molar-refractivity contribution in [2.45, 2.75) is 30.3 Å². The molecule has 11 heteroatoms. The first-order valence-corrected chi connectivity index (χ1v) is 12.8. The lowest BCUT2D eigenvalue weighted by Crippen LogP contribution is -2.35. The SMILES string of the molecule is N#Cc1ccc(-c2cc(OC(=O)Nc3ccc(S(=O)(=O)N4CCCCC4)cc3)ccc2C(F)(F)F)cc1. The predicted octanol–water partition coefficient (Wildman–Crippen LogP) is 6.03. The van der Waals surface area contributed by atoms with E-state index in [2.05, 4.69) is 5.32 Å². The van der Waals surface area contributed by atoms with Gasteiger partial charge in [-0.1, -0.05) is 18.6 Å². The Hall–Kier alpha value is -3.88. The zero-order valence-corrected chi connectivity index (χ0v) is 20.3. The standard InChI is InChI=1S/C26H22F3N3O4S/c27-26(28,29)24-13-10-21(16-23(24)19-6-4-18(17-30)5-7-19)36-25(33)31-20-8-11-22(12-9-20)37(34,35)32-14-2-1-3-15-32/h4-13,16H,1-3,14-15H2,(H,31,33). The number of sulfonamides is 1. The molecule has 3 aromatic rings. The average molecular weight is 530 g/mol. The van der Waals surface area contributed by atoms with Crippen LogP contribution in [0.4, 0.5) is 23.7 Å². The largest absolute Gasteiger partial charge is 0.417 e. The minimum atomic E-state index is -4.65. The van der Waals surface area contributed by atoms with Gasteiger partial charge in [-0.15, -0.1) is 0 Å². The van der Waals surface area contributed by atoms with Crippen molar-refractivity contribution in [2.24, 2.45) is 0 Å². The van der Waals surface area contributed by atoms with Gasteiger partial charge < -0.3 is 4.74 Å². The molecule has 0 saturated carbocycles. The Bertz CT molecular complexity index is 1430. The fourth-order valence-electron chi connectivity index (χ4n) is 4.01. The highest BCUT2D eigenvalue weighted by atomic mass is 32.2. The van der Waals surface area contributed by atoms with Crippen molar-refractivity contribution in [3.05, 3.63) is 77.9 Å². The van der Waals surface area contributed by atoms with E-state index in [1.54, 1.807) is 0 Å². The minimum Gasteiger partial charge on any atom is -0.410 e. The molecule has 1 saturated heterocycles. The third-order valence-electron chi connectivity index (χ3n) is 5.89. The predicted molar refractivity (Wildman–Crippen MR) is 130 cm³/mol. The Kier molecular flexibility index (Phi) is 7.52. The Balaban J connectivity index is 1.49. The Morgan fingerprint density at radius 3 is 2.19 bits per heavy atom. The molecule has 0 unspecified atom stereocenters. The van der Waals surface area contributed by atoms with Gasteiger partial charge in [-0.25, -0.2) is 13.2 Å². The second-order valence-electron chi connectivity index (χ2n) is 8.40. The highest BCUT2D eigenvalue weighted by molar-refractivity contribution is 7.89. The fourth-order valence-corrected chi connectivity index (χ4v) is 5.53. The van der Waals surface area contributed by atoms with E-state index < -0.39 is 27.9 Å². The molecule has 0 spiro atoms. The van der Waals surface area contributed by atoms with Gasteiger partial charge in [-0.3, -0.25) is 5.32 Å². The zero-order valence-electron chi connectivity index (χ0n) is 19.5. The number of anilines is 1. The third kappa shape index (κ3) is 6.10.